The number of benzene rings is 1. The van der Waals surface area contributed by atoms with Crippen molar-refractivity contribution in [3.63, 3.8) is 0 Å². The Balaban J connectivity index is 2.13. The summed E-state index contributed by atoms with van der Waals surface area (Å²) in [4.78, 5) is 15.1. The van der Waals surface area contributed by atoms with Crippen LogP contribution in [0.15, 0.2) is 24.3 Å². The van der Waals surface area contributed by atoms with Crippen molar-refractivity contribution in [1.29, 1.82) is 0 Å². The average Bonchev–Trinajstić information content (AvgIpc) is 2.72. The Morgan fingerprint density at radius 2 is 2.11 bits per heavy atom. The lowest BCUT2D eigenvalue weighted by molar-refractivity contribution is -0.137. The first-order valence-corrected chi connectivity index (χ1v) is 6.38. The highest BCUT2D eigenvalue weighted by Crippen LogP contribution is 2.17. The van der Waals surface area contributed by atoms with Crippen LogP contribution in [-0.2, 0) is 17.8 Å². The van der Waals surface area contributed by atoms with E-state index in [-0.39, 0.29) is 6.42 Å². The second kappa shape index (κ2) is 5.67. The third-order valence-electron chi connectivity index (χ3n) is 3.07. The van der Waals surface area contributed by atoms with Crippen LogP contribution < -0.4 is 0 Å². The van der Waals surface area contributed by atoms with E-state index in [1.54, 1.807) is 0 Å². The van der Waals surface area contributed by atoms with Crippen LogP contribution in [0.4, 0.5) is 0 Å². The SMILES string of the molecule is CCc1nc2ccccc2n1CCCCC(=O)O. The molecule has 0 fully saturated rings. The molecular formula is C14H18N2O2. The summed E-state index contributed by atoms with van der Waals surface area (Å²) in [5, 5.41) is 8.62. The Labute approximate surface area is 106 Å². The summed E-state index contributed by atoms with van der Waals surface area (Å²) in [5.74, 6) is 0.354. The van der Waals surface area contributed by atoms with Crippen molar-refractivity contribution in [2.75, 3.05) is 0 Å². The third kappa shape index (κ3) is 2.70. The van der Waals surface area contributed by atoms with Gasteiger partial charge in [-0.15, -0.1) is 0 Å². The van der Waals surface area contributed by atoms with Crippen LogP contribution in [0.5, 0.6) is 0 Å². The van der Waals surface area contributed by atoms with Crippen molar-refractivity contribution in [3.05, 3.63) is 30.1 Å². The second-order valence-corrected chi connectivity index (χ2v) is 4.37. The molecule has 0 unspecified atom stereocenters. The first-order valence-electron chi connectivity index (χ1n) is 6.38. The number of hydrogen-bond acceptors (Lipinski definition) is 2. The van der Waals surface area contributed by atoms with Crippen molar-refractivity contribution in [2.24, 2.45) is 0 Å². The van der Waals surface area contributed by atoms with Gasteiger partial charge in [0.05, 0.1) is 11.0 Å². The molecule has 1 aromatic carbocycles. The van der Waals surface area contributed by atoms with E-state index in [0.717, 1.165) is 36.2 Å². The van der Waals surface area contributed by atoms with E-state index in [1.165, 1.54) is 0 Å². The first-order chi connectivity index (χ1) is 8.72. The van der Waals surface area contributed by atoms with Gasteiger partial charge in [-0.3, -0.25) is 4.79 Å². The van der Waals surface area contributed by atoms with Crippen LogP contribution in [-0.4, -0.2) is 20.6 Å². The number of hydrogen-bond donors (Lipinski definition) is 1. The average molecular weight is 246 g/mol. The van der Waals surface area contributed by atoms with E-state index >= 15 is 0 Å². The lowest BCUT2D eigenvalue weighted by Crippen LogP contribution is -2.04. The van der Waals surface area contributed by atoms with Gasteiger partial charge in [0, 0.05) is 19.4 Å². The number of aryl methyl sites for hydroxylation is 2. The number of carbonyl (C=O) groups is 1. The summed E-state index contributed by atoms with van der Waals surface area (Å²) in [6.45, 7) is 2.94. The first kappa shape index (κ1) is 12.6. The van der Waals surface area contributed by atoms with E-state index in [2.05, 4.69) is 22.5 Å². The summed E-state index contributed by atoms with van der Waals surface area (Å²) in [7, 11) is 0. The van der Waals surface area contributed by atoms with Gasteiger partial charge >= 0.3 is 5.97 Å². The standard InChI is InChI=1S/C14H18N2O2/c1-2-13-15-11-7-3-4-8-12(11)16(13)10-6-5-9-14(17)18/h3-4,7-8H,2,5-6,9-10H2,1H3,(H,17,18). The minimum absolute atomic E-state index is 0.244. The highest BCUT2D eigenvalue weighted by Gasteiger charge is 2.08. The van der Waals surface area contributed by atoms with Crippen molar-refractivity contribution in [2.45, 2.75) is 39.2 Å². The number of imidazole rings is 1. The maximum Gasteiger partial charge on any atom is 0.303 e. The number of para-hydroxylation sites is 2. The van der Waals surface area contributed by atoms with Gasteiger partial charge in [0.2, 0.25) is 0 Å². The minimum Gasteiger partial charge on any atom is -0.481 e. The van der Waals surface area contributed by atoms with Crippen molar-refractivity contribution in [1.82, 2.24) is 9.55 Å². The zero-order chi connectivity index (χ0) is 13.0. The molecule has 2 rings (SSSR count). The van der Waals surface area contributed by atoms with Gasteiger partial charge in [-0.1, -0.05) is 19.1 Å². The molecule has 0 radical (unpaired) electrons. The van der Waals surface area contributed by atoms with E-state index in [4.69, 9.17) is 5.11 Å². The number of carboxylic acids is 1. The van der Waals surface area contributed by atoms with Gasteiger partial charge in [0.1, 0.15) is 5.82 Å². The summed E-state index contributed by atoms with van der Waals surface area (Å²) in [5.41, 5.74) is 2.16. The van der Waals surface area contributed by atoms with Crippen LogP contribution >= 0.6 is 0 Å². The molecule has 0 aliphatic heterocycles. The highest BCUT2D eigenvalue weighted by molar-refractivity contribution is 5.75. The Kier molecular flexibility index (Phi) is 3.97. The lowest BCUT2D eigenvalue weighted by Gasteiger charge is -2.07. The molecule has 18 heavy (non-hydrogen) atoms. The van der Waals surface area contributed by atoms with Crippen LogP contribution in [0.3, 0.4) is 0 Å². The van der Waals surface area contributed by atoms with E-state index in [1.807, 2.05) is 18.2 Å². The van der Waals surface area contributed by atoms with Crippen LogP contribution in [0.2, 0.25) is 0 Å². The van der Waals surface area contributed by atoms with Crippen LogP contribution in [0, 0.1) is 0 Å². The number of nitrogens with zero attached hydrogens (tertiary/aromatic N) is 2. The summed E-state index contributed by atoms with van der Waals surface area (Å²) in [6, 6.07) is 8.08. The van der Waals surface area contributed by atoms with Crippen molar-refractivity contribution >= 4 is 17.0 Å². The lowest BCUT2D eigenvalue weighted by atomic mass is 10.2. The molecule has 1 aromatic heterocycles. The number of rotatable bonds is 6. The molecule has 96 valence electrons. The molecule has 2 aromatic rings. The fourth-order valence-electron chi connectivity index (χ4n) is 2.19. The van der Waals surface area contributed by atoms with Crippen LogP contribution in [0.1, 0.15) is 32.0 Å². The Bertz CT molecular complexity index is 546. The smallest absolute Gasteiger partial charge is 0.303 e. The number of aliphatic carboxylic acids is 1. The van der Waals surface area contributed by atoms with Gasteiger partial charge in [-0.2, -0.15) is 0 Å². The minimum atomic E-state index is -0.721. The van der Waals surface area contributed by atoms with E-state index < -0.39 is 5.97 Å². The largest absolute Gasteiger partial charge is 0.481 e. The third-order valence-corrected chi connectivity index (χ3v) is 3.07. The maximum atomic E-state index is 10.5. The van der Waals surface area contributed by atoms with Gasteiger partial charge in [-0.25, -0.2) is 4.98 Å². The molecular weight excluding hydrogens is 228 g/mol. The predicted octanol–water partition coefficient (Wildman–Crippen LogP) is 2.85. The van der Waals surface area contributed by atoms with Gasteiger partial charge in [0.15, 0.2) is 0 Å². The number of aromatic nitrogens is 2. The van der Waals surface area contributed by atoms with Gasteiger partial charge in [0.25, 0.3) is 0 Å². The topological polar surface area (TPSA) is 55.1 Å². The molecule has 1 heterocycles. The monoisotopic (exact) mass is 246 g/mol. The normalized spacial score (nSPS) is 10.9. The molecule has 4 nitrogen and oxygen atoms in total. The van der Waals surface area contributed by atoms with Crippen LogP contribution in [0.25, 0.3) is 11.0 Å². The van der Waals surface area contributed by atoms with Crippen molar-refractivity contribution < 1.29 is 9.90 Å². The fourth-order valence-corrected chi connectivity index (χ4v) is 2.19. The molecule has 4 heteroatoms. The Morgan fingerprint density at radius 1 is 1.33 bits per heavy atom. The Hall–Kier alpha value is -1.84. The molecule has 0 atom stereocenters. The molecule has 0 aliphatic carbocycles. The molecule has 0 aliphatic rings. The zero-order valence-electron chi connectivity index (χ0n) is 10.6. The highest BCUT2D eigenvalue weighted by atomic mass is 16.4. The molecule has 0 amide bonds. The number of carboxylic acid groups (broad SMARTS) is 1. The molecule has 0 saturated heterocycles. The quantitative estimate of drug-likeness (QED) is 0.797. The van der Waals surface area contributed by atoms with Gasteiger partial charge < -0.3 is 9.67 Å². The second-order valence-electron chi connectivity index (χ2n) is 4.37. The maximum absolute atomic E-state index is 10.5. The predicted molar refractivity (Wildman–Crippen MR) is 70.6 cm³/mol. The molecule has 1 N–H and O–H groups in total. The number of unbranched alkanes of at least 4 members (excludes halogenated alkanes) is 1. The Morgan fingerprint density at radius 3 is 2.83 bits per heavy atom. The molecule has 0 bridgehead atoms. The molecule has 0 spiro atoms. The molecule has 0 saturated carbocycles. The van der Waals surface area contributed by atoms with Gasteiger partial charge in [-0.05, 0) is 25.0 Å². The van der Waals surface area contributed by atoms with E-state index in [0.29, 0.717) is 6.42 Å². The summed E-state index contributed by atoms with van der Waals surface area (Å²) in [6.07, 6.45) is 2.73. The summed E-state index contributed by atoms with van der Waals surface area (Å²) < 4.78 is 2.21. The van der Waals surface area contributed by atoms with E-state index in [9.17, 15) is 4.79 Å². The number of fused-ring (bicyclic) bond motifs is 1. The fraction of sp³-hybridized carbons (Fsp3) is 0.429. The summed E-state index contributed by atoms with van der Waals surface area (Å²) >= 11 is 0. The van der Waals surface area contributed by atoms with Crippen molar-refractivity contribution in [3.8, 4) is 0 Å². The zero-order valence-corrected chi connectivity index (χ0v) is 10.6.